The summed E-state index contributed by atoms with van der Waals surface area (Å²) in [5.41, 5.74) is 2.85. The van der Waals surface area contributed by atoms with Crippen LogP contribution >= 0.6 is 0 Å². The van der Waals surface area contributed by atoms with Crippen molar-refractivity contribution in [2.45, 2.75) is 11.1 Å². The maximum Gasteiger partial charge on any atom is 0.416 e. The zero-order valence-electron chi connectivity index (χ0n) is 20.3. The number of alkyl halides is 3. The number of sulfonamides is 1. The molecule has 1 fully saturated rings. The summed E-state index contributed by atoms with van der Waals surface area (Å²) in [6, 6.07) is 11.7. The number of rotatable bonds is 10. The molecule has 1 saturated heterocycles. The van der Waals surface area contributed by atoms with E-state index in [4.69, 9.17) is 4.74 Å². The van der Waals surface area contributed by atoms with Gasteiger partial charge in [-0.05, 0) is 36.4 Å². The van der Waals surface area contributed by atoms with Crippen molar-refractivity contribution in [2.75, 3.05) is 44.1 Å². The molecule has 0 unspecified atom stereocenters. The molecule has 2 heterocycles. The molecule has 202 valence electrons. The van der Waals surface area contributed by atoms with E-state index >= 15 is 0 Å². The first-order chi connectivity index (χ1) is 18.1. The zero-order chi connectivity index (χ0) is 27.2. The highest BCUT2D eigenvalue weighted by Gasteiger charge is 2.30. The Labute approximate surface area is 218 Å². The van der Waals surface area contributed by atoms with Gasteiger partial charge < -0.3 is 10.1 Å². The fourth-order valence-electron chi connectivity index (χ4n) is 3.75. The average molecular weight is 549 g/mol. The van der Waals surface area contributed by atoms with Crippen molar-refractivity contribution in [1.29, 1.82) is 0 Å². The third-order valence-corrected chi connectivity index (χ3v) is 7.13. The van der Waals surface area contributed by atoms with Crippen molar-refractivity contribution in [2.24, 2.45) is 5.10 Å². The Balaban J connectivity index is 1.41. The van der Waals surface area contributed by atoms with Crippen LogP contribution in [0.1, 0.15) is 11.3 Å². The zero-order valence-corrected chi connectivity index (χ0v) is 21.1. The first kappa shape index (κ1) is 27.4. The fraction of sp³-hybridized carbons (Fsp3) is 0.280. The van der Waals surface area contributed by atoms with Crippen LogP contribution in [0, 0.1) is 0 Å². The van der Waals surface area contributed by atoms with Gasteiger partial charge in [0.25, 0.3) is 10.0 Å². The van der Waals surface area contributed by atoms with Crippen molar-refractivity contribution in [3.05, 3.63) is 78.3 Å². The van der Waals surface area contributed by atoms with Crippen LogP contribution in [-0.2, 0) is 20.9 Å². The van der Waals surface area contributed by atoms with E-state index in [0.717, 1.165) is 57.1 Å². The van der Waals surface area contributed by atoms with Gasteiger partial charge in [0.2, 0.25) is 0 Å². The lowest BCUT2D eigenvalue weighted by molar-refractivity contribution is -0.137. The highest BCUT2D eigenvalue weighted by atomic mass is 32.2. The Morgan fingerprint density at radius 1 is 1.11 bits per heavy atom. The highest BCUT2D eigenvalue weighted by molar-refractivity contribution is 7.92. The Morgan fingerprint density at radius 2 is 1.84 bits per heavy atom. The molecule has 13 heteroatoms. The van der Waals surface area contributed by atoms with E-state index in [1.165, 1.54) is 12.3 Å². The molecule has 0 aliphatic carbocycles. The molecule has 38 heavy (non-hydrogen) atoms. The molecule has 1 aliphatic rings. The molecule has 0 atom stereocenters. The molecule has 1 aromatic heterocycles. The number of benzene rings is 2. The molecule has 0 saturated carbocycles. The van der Waals surface area contributed by atoms with Gasteiger partial charge in [-0.15, -0.1) is 0 Å². The number of morpholine rings is 1. The van der Waals surface area contributed by atoms with Gasteiger partial charge in [-0.2, -0.15) is 18.3 Å². The molecular formula is C25H27F3N6O3S. The lowest BCUT2D eigenvalue weighted by Gasteiger charge is -2.26. The van der Waals surface area contributed by atoms with Crippen molar-refractivity contribution < 1.29 is 26.3 Å². The number of nitrogens with zero attached hydrogens (tertiary/aromatic N) is 3. The van der Waals surface area contributed by atoms with Crippen molar-refractivity contribution in [3.8, 4) is 0 Å². The van der Waals surface area contributed by atoms with Gasteiger partial charge >= 0.3 is 6.18 Å². The van der Waals surface area contributed by atoms with Crippen LogP contribution in [-0.4, -0.2) is 63.9 Å². The second-order valence-electron chi connectivity index (χ2n) is 8.47. The van der Waals surface area contributed by atoms with Gasteiger partial charge in [-0.1, -0.05) is 24.8 Å². The minimum absolute atomic E-state index is 0.180. The molecule has 2 aromatic carbocycles. The normalized spacial score (nSPS) is 15.0. The highest BCUT2D eigenvalue weighted by Crippen LogP contribution is 2.30. The van der Waals surface area contributed by atoms with E-state index in [9.17, 15) is 21.6 Å². The summed E-state index contributed by atoms with van der Waals surface area (Å²) < 4.78 is 71.9. The lowest BCUT2D eigenvalue weighted by Crippen LogP contribution is -2.40. The maximum absolute atomic E-state index is 12.8. The number of pyridine rings is 1. The number of halogens is 3. The van der Waals surface area contributed by atoms with Crippen LogP contribution in [0.5, 0.6) is 0 Å². The number of hydrazone groups is 1. The summed E-state index contributed by atoms with van der Waals surface area (Å²) in [6.07, 6.45) is -3.09. The number of ether oxygens (including phenoxy) is 1. The first-order valence-corrected chi connectivity index (χ1v) is 13.2. The van der Waals surface area contributed by atoms with Gasteiger partial charge in [-0.3, -0.25) is 15.0 Å². The van der Waals surface area contributed by atoms with Crippen LogP contribution in [0.3, 0.4) is 0 Å². The van der Waals surface area contributed by atoms with Gasteiger partial charge in [0, 0.05) is 31.6 Å². The Hall–Kier alpha value is -3.68. The average Bonchev–Trinajstić information content (AvgIpc) is 2.89. The molecule has 3 aromatic rings. The summed E-state index contributed by atoms with van der Waals surface area (Å²) >= 11 is 0. The fourth-order valence-corrected chi connectivity index (χ4v) is 4.82. The number of nitrogens with one attached hydrogen (secondary N) is 3. The molecular weight excluding hydrogens is 521 g/mol. The minimum Gasteiger partial charge on any atom is -0.379 e. The summed E-state index contributed by atoms with van der Waals surface area (Å²) in [7, 11) is -4.16. The van der Waals surface area contributed by atoms with E-state index in [-0.39, 0.29) is 10.6 Å². The van der Waals surface area contributed by atoms with Crippen molar-refractivity contribution >= 4 is 32.8 Å². The van der Waals surface area contributed by atoms with Crippen molar-refractivity contribution in [1.82, 2.24) is 20.6 Å². The predicted molar refractivity (Wildman–Crippen MR) is 139 cm³/mol. The molecule has 0 radical (unpaired) electrons. The number of anilines is 1. The lowest BCUT2D eigenvalue weighted by atomic mass is 10.2. The van der Waals surface area contributed by atoms with Crippen LogP contribution < -0.4 is 15.5 Å². The summed E-state index contributed by atoms with van der Waals surface area (Å²) in [5.74, 6) is 0.514. The largest absolute Gasteiger partial charge is 0.416 e. The molecule has 0 spiro atoms. The second-order valence-corrected chi connectivity index (χ2v) is 10.2. The molecule has 4 rings (SSSR count). The van der Waals surface area contributed by atoms with E-state index in [1.54, 1.807) is 24.3 Å². The van der Waals surface area contributed by atoms with Crippen LogP contribution in [0.25, 0.3) is 10.9 Å². The molecule has 0 amide bonds. The van der Waals surface area contributed by atoms with Crippen LogP contribution in [0.15, 0.2) is 77.0 Å². The van der Waals surface area contributed by atoms with Gasteiger partial charge in [0.05, 0.1) is 46.8 Å². The number of aromatic nitrogens is 1. The quantitative estimate of drug-likeness (QED) is 0.263. The molecule has 1 aliphatic heterocycles. The third kappa shape index (κ3) is 7.21. The monoisotopic (exact) mass is 548 g/mol. The van der Waals surface area contributed by atoms with Gasteiger partial charge in [0.15, 0.2) is 0 Å². The van der Waals surface area contributed by atoms with Crippen LogP contribution in [0.2, 0.25) is 0 Å². The number of hydrogen-bond acceptors (Lipinski definition) is 8. The Kier molecular flexibility index (Phi) is 8.49. The number of hydrogen-bond donors (Lipinski definition) is 3. The van der Waals surface area contributed by atoms with E-state index in [1.807, 2.05) is 0 Å². The first-order valence-electron chi connectivity index (χ1n) is 11.7. The van der Waals surface area contributed by atoms with E-state index < -0.39 is 21.8 Å². The summed E-state index contributed by atoms with van der Waals surface area (Å²) in [4.78, 5) is 6.47. The van der Waals surface area contributed by atoms with E-state index in [0.29, 0.717) is 29.0 Å². The van der Waals surface area contributed by atoms with Gasteiger partial charge in [0.1, 0.15) is 5.82 Å². The molecule has 3 N–H and O–H groups in total. The SMILES string of the molecule is C=C(NCCN1CCOCC1)N/N=C/c1ccc2cccc(NS(=O)(=O)c3ccc(C(F)(F)F)cc3)c2n1. The maximum atomic E-state index is 12.8. The standard InChI is InChI=1S/C25H27F3N6O3S/c1-18(29-11-12-34-13-15-37-16-14-34)32-30-17-21-8-5-19-3-2-4-23(24(19)31-21)33-38(35,36)22-9-6-20(7-10-22)25(26,27)28/h2-10,17,29,32-33H,1,11-16H2/b30-17+. The Morgan fingerprint density at radius 3 is 2.55 bits per heavy atom. The van der Waals surface area contributed by atoms with Crippen molar-refractivity contribution in [3.63, 3.8) is 0 Å². The van der Waals surface area contributed by atoms with Gasteiger partial charge in [-0.25, -0.2) is 13.4 Å². The number of fused-ring (bicyclic) bond motifs is 1. The Bertz CT molecular complexity index is 1410. The summed E-state index contributed by atoms with van der Waals surface area (Å²) in [6.45, 7) is 8.70. The molecule has 9 nitrogen and oxygen atoms in total. The smallest absolute Gasteiger partial charge is 0.379 e. The molecule has 0 bridgehead atoms. The predicted octanol–water partition coefficient (Wildman–Crippen LogP) is 3.37. The number of para-hydroxylation sites is 1. The van der Waals surface area contributed by atoms with Crippen LogP contribution in [0.4, 0.5) is 18.9 Å². The summed E-state index contributed by atoms with van der Waals surface area (Å²) in [5, 5.41) is 7.94. The van der Waals surface area contributed by atoms with E-state index in [2.05, 4.69) is 37.0 Å². The third-order valence-electron chi connectivity index (χ3n) is 5.74. The minimum atomic E-state index is -4.56. The second kappa shape index (κ2) is 11.8. The topological polar surface area (TPSA) is 108 Å².